The molecule has 4 nitrogen and oxygen atoms in total. The van der Waals surface area contributed by atoms with Crippen molar-refractivity contribution in [1.82, 2.24) is 4.90 Å². The number of hydrogen-bond donors (Lipinski definition) is 0. The highest BCUT2D eigenvalue weighted by molar-refractivity contribution is 6.30. The molecule has 1 saturated heterocycles. The van der Waals surface area contributed by atoms with Crippen molar-refractivity contribution in [3.8, 4) is 5.75 Å². The van der Waals surface area contributed by atoms with Gasteiger partial charge in [-0.2, -0.15) is 0 Å². The lowest BCUT2D eigenvalue weighted by molar-refractivity contribution is -0.140. The van der Waals surface area contributed by atoms with Crippen molar-refractivity contribution in [2.45, 2.75) is 26.7 Å². The van der Waals surface area contributed by atoms with Crippen LogP contribution < -0.4 is 4.74 Å². The quantitative estimate of drug-likeness (QED) is 0.626. The highest BCUT2D eigenvalue weighted by Gasteiger charge is 2.48. The van der Waals surface area contributed by atoms with Gasteiger partial charge in [0.15, 0.2) is 0 Å². The van der Waals surface area contributed by atoms with Crippen LogP contribution in [0.15, 0.2) is 35.4 Å². The molecular weight excluding hydrogens is 314 g/mol. The van der Waals surface area contributed by atoms with E-state index in [2.05, 4.69) is 13.8 Å². The van der Waals surface area contributed by atoms with E-state index in [9.17, 15) is 9.59 Å². The van der Waals surface area contributed by atoms with Crippen molar-refractivity contribution in [1.29, 1.82) is 0 Å². The number of fused-ring (bicyclic) bond motifs is 1. The third-order valence-electron chi connectivity index (χ3n) is 4.83. The molecule has 0 aromatic heterocycles. The zero-order chi connectivity index (χ0) is 16.6. The van der Waals surface area contributed by atoms with Crippen LogP contribution in [0.3, 0.4) is 0 Å². The summed E-state index contributed by atoms with van der Waals surface area (Å²) >= 11 is 5.82. The summed E-state index contributed by atoms with van der Waals surface area (Å²) in [7, 11) is 0. The molecule has 23 heavy (non-hydrogen) atoms. The van der Waals surface area contributed by atoms with E-state index in [0.717, 1.165) is 0 Å². The van der Waals surface area contributed by atoms with E-state index in [-0.39, 0.29) is 23.7 Å². The van der Waals surface area contributed by atoms with Crippen molar-refractivity contribution in [3.05, 3.63) is 40.4 Å². The molecular formula is C18H20ClNO3. The second kappa shape index (κ2) is 6.36. The topological polar surface area (TPSA) is 46.6 Å². The molecule has 3 rings (SSSR count). The lowest BCUT2D eigenvalue weighted by Gasteiger charge is -2.23. The van der Waals surface area contributed by atoms with Gasteiger partial charge in [-0.25, -0.2) is 0 Å². The van der Waals surface area contributed by atoms with Gasteiger partial charge in [0.1, 0.15) is 12.4 Å². The molecule has 1 fully saturated rings. The molecule has 2 aliphatic rings. The Kier molecular flexibility index (Phi) is 4.44. The van der Waals surface area contributed by atoms with Crippen molar-refractivity contribution in [2.75, 3.05) is 13.2 Å². The SMILES string of the molecule is CC1=C(C)C[C@H]2C(=O)N(CCOc3ccc(Cl)cc3)C(=O)[C@@H]2C1. The van der Waals surface area contributed by atoms with E-state index in [1.54, 1.807) is 24.3 Å². The summed E-state index contributed by atoms with van der Waals surface area (Å²) in [5.41, 5.74) is 2.48. The molecule has 0 unspecified atom stereocenters. The number of nitrogens with zero attached hydrogens (tertiary/aromatic N) is 1. The van der Waals surface area contributed by atoms with Crippen LogP contribution in [0, 0.1) is 11.8 Å². The van der Waals surface area contributed by atoms with Gasteiger partial charge in [-0.05, 0) is 51.0 Å². The van der Waals surface area contributed by atoms with Gasteiger partial charge in [-0.1, -0.05) is 22.7 Å². The predicted molar refractivity (Wildman–Crippen MR) is 88.3 cm³/mol. The summed E-state index contributed by atoms with van der Waals surface area (Å²) < 4.78 is 5.60. The van der Waals surface area contributed by atoms with Crippen molar-refractivity contribution < 1.29 is 14.3 Å². The largest absolute Gasteiger partial charge is 0.492 e. The molecule has 0 spiro atoms. The molecule has 2 amide bonds. The minimum atomic E-state index is -0.179. The third kappa shape index (κ3) is 3.13. The average molecular weight is 334 g/mol. The van der Waals surface area contributed by atoms with Crippen LogP contribution in [0.1, 0.15) is 26.7 Å². The van der Waals surface area contributed by atoms with Crippen molar-refractivity contribution >= 4 is 23.4 Å². The second-order valence-corrected chi connectivity index (χ2v) is 6.75. The molecule has 1 heterocycles. The molecule has 1 aromatic carbocycles. The molecule has 0 saturated carbocycles. The van der Waals surface area contributed by atoms with E-state index in [0.29, 0.717) is 36.8 Å². The van der Waals surface area contributed by atoms with Gasteiger partial charge in [0, 0.05) is 5.02 Å². The zero-order valence-electron chi connectivity index (χ0n) is 13.3. The van der Waals surface area contributed by atoms with Crippen LogP contribution in [-0.2, 0) is 9.59 Å². The third-order valence-corrected chi connectivity index (χ3v) is 5.08. The van der Waals surface area contributed by atoms with E-state index in [1.807, 2.05) is 0 Å². The van der Waals surface area contributed by atoms with Gasteiger partial charge in [0.25, 0.3) is 0 Å². The average Bonchev–Trinajstić information content (AvgIpc) is 2.75. The minimum absolute atomic E-state index is 0.0495. The van der Waals surface area contributed by atoms with Crippen LogP contribution in [0.2, 0.25) is 5.02 Å². The lowest BCUT2D eigenvalue weighted by Crippen LogP contribution is -2.34. The van der Waals surface area contributed by atoms with Crippen molar-refractivity contribution in [3.63, 3.8) is 0 Å². The molecule has 1 aliphatic heterocycles. The lowest BCUT2D eigenvalue weighted by atomic mass is 9.78. The first-order chi connectivity index (χ1) is 11.0. The van der Waals surface area contributed by atoms with Gasteiger partial charge in [-0.3, -0.25) is 14.5 Å². The molecule has 0 bridgehead atoms. The van der Waals surface area contributed by atoms with Crippen LogP contribution in [0.5, 0.6) is 5.75 Å². The van der Waals surface area contributed by atoms with E-state index in [1.165, 1.54) is 16.0 Å². The Balaban J connectivity index is 1.60. The van der Waals surface area contributed by atoms with Crippen LogP contribution in [-0.4, -0.2) is 29.9 Å². The van der Waals surface area contributed by atoms with Crippen LogP contribution in [0.25, 0.3) is 0 Å². The van der Waals surface area contributed by atoms with E-state index >= 15 is 0 Å². The Morgan fingerprint density at radius 3 is 2.09 bits per heavy atom. The number of imide groups is 1. The normalized spacial score (nSPS) is 24.2. The summed E-state index contributed by atoms with van der Waals surface area (Å²) in [5.74, 6) is 0.223. The smallest absolute Gasteiger partial charge is 0.233 e. The maximum atomic E-state index is 12.5. The number of likely N-dealkylation sites (tertiary alicyclic amines) is 1. The van der Waals surface area contributed by atoms with Gasteiger partial charge in [0.2, 0.25) is 11.8 Å². The summed E-state index contributed by atoms with van der Waals surface area (Å²) in [6.07, 6.45) is 1.41. The molecule has 1 aliphatic carbocycles. The monoisotopic (exact) mass is 333 g/mol. The number of carbonyl (C=O) groups is 2. The molecule has 122 valence electrons. The maximum absolute atomic E-state index is 12.5. The van der Waals surface area contributed by atoms with Gasteiger partial charge < -0.3 is 4.74 Å². The van der Waals surface area contributed by atoms with Gasteiger partial charge >= 0.3 is 0 Å². The Morgan fingerprint density at radius 2 is 1.57 bits per heavy atom. The molecule has 2 atom stereocenters. The number of allylic oxidation sites excluding steroid dienone is 2. The minimum Gasteiger partial charge on any atom is -0.492 e. The van der Waals surface area contributed by atoms with Crippen LogP contribution in [0.4, 0.5) is 0 Å². The number of rotatable bonds is 4. The van der Waals surface area contributed by atoms with Gasteiger partial charge in [-0.15, -0.1) is 0 Å². The number of hydrogen-bond acceptors (Lipinski definition) is 3. The Morgan fingerprint density at radius 1 is 1.04 bits per heavy atom. The summed E-state index contributed by atoms with van der Waals surface area (Å²) in [5, 5.41) is 0.643. The first kappa shape index (κ1) is 16.1. The fraction of sp³-hybridized carbons (Fsp3) is 0.444. The first-order valence-electron chi connectivity index (χ1n) is 7.86. The first-order valence-corrected chi connectivity index (χ1v) is 8.24. The van der Waals surface area contributed by atoms with Gasteiger partial charge in [0.05, 0.1) is 18.4 Å². The summed E-state index contributed by atoms with van der Waals surface area (Å²) in [6, 6.07) is 7.03. The Bertz CT molecular complexity index is 633. The highest BCUT2D eigenvalue weighted by atomic mass is 35.5. The van der Waals surface area contributed by atoms with E-state index < -0.39 is 0 Å². The fourth-order valence-corrected chi connectivity index (χ4v) is 3.45. The standard InChI is InChI=1S/C18H20ClNO3/c1-11-9-15-16(10-12(11)2)18(22)20(17(15)21)7-8-23-14-5-3-13(19)4-6-14/h3-6,15-16H,7-10H2,1-2H3/t15-,16-/m1/s1. The highest BCUT2D eigenvalue weighted by Crippen LogP contribution is 2.40. The molecule has 0 N–H and O–H groups in total. The molecule has 0 radical (unpaired) electrons. The molecule has 5 heteroatoms. The number of halogens is 1. The summed E-state index contributed by atoms with van der Waals surface area (Å²) in [6.45, 7) is 4.70. The maximum Gasteiger partial charge on any atom is 0.233 e. The fourth-order valence-electron chi connectivity index (χ4n) is 3.33. The number of carbonyl (C=O) groups excluding carboxylic acids is 2. The number of amides is 2. The Hall–Kier alpha value is -1.81. The number of benzene rings is 1. The Labute approximate surface area is 141 Å². The van der Waals surface area contributed by atoms with Crippen molar-refractivity contribution in [2.24, 2.45) is 11.8 Å². The van der Waals surface area contributed by atoms with Crippen LogP contribution >= 0.6 is 11.6 Å². The number of ether oxygens (including phenoxy) is 1. The zero-order valence-corrected chi connectivity index (χ0v) is 14.1. The predicted octanol–water partition coefficient (Wildman–Crippen LogP) is 3.45. The summed E-state index contributed by atoms with van der Waals surface area (Å²) in [4.78, 5) is 26.4. The second-order valence-electron chi connectivity index (χ2n) is 6.31. The van der Waals surface area contributed by atoms with E-state index in [4.69, 9.17) is 16.3 Å². The molecule has 1 aromatic rings.